The Morgan fingerprint density at radius 3 is 2.45 bits per heavy atom. The Morgan fingerprint density at radius 1 is 1.18 bits per heavy atom. The van der Waals surface area contributed by atoms with Gasteiger partial charge in [-0.25, -0.2) is 9.78 Å². The first-order valence-electron chi connectivity index (χ1n) is 6.66. The molecule has 2 rings (SSSR count). The van der Waals surface area contributed by atoms with E-state index in [1.54, 1.807) is 12.1 Å². The predicted molar refractivity (Wildman–Crippen MR) is 83.9 cm³/mol. The van der Waals surface area contributed by atoms with E-state index in [0.717, 1.165) is 5.56 Å². The third-order valence-electron chi connectivity index (χ3n) is 2.94. The number of rotatable bonds is 4. The Balaban J connectivity index is 1.94. The number of amides is 1. The highest BCUT2D eigenvalue weighted by atomic mass is 35.5. The van der Waals surface area contributed by atoms with Crippen LogP contribution in [0.15, 0.2) is 42.6 Å². The third-order valence-corrected chi connectivity index (χ3v) is 3.16. The molecule has 5 nitrogen and oxygen atoms in total. The van der Waals surface area contributed by atoms with Gasteiger partial charge in [0, 0.05) is 11.9 Å². The van der Waals surface area contributed by atoms with Gasteiger partial charge in [0.05, 0.1) is 5.56 Å². The Labute approximate surface area is 133 Å². The zero-order chi connectivity index (χ0) is 16.1. The molecule has 114 valence electrons. The molecule has 0 radical (unpaired) electrons. The Bertz CT molecular complexity index is 669. The van der Waals surface area contributed by atoms with Gasteiger partial charge >= 0.3 is 5.97 Å². The Morgan fingerprint density at radius 2 is 1.86 bits per heavy atom. The lowest BCUT2D eigenvalue weighted by molar-refractivity contribution is -0.123. The molecule has 0 fully saturated rings. The van der Waals surface area contributed by atoms with Gasteiger partial charge in [-0.05, 0) is 38.1 Å². The van der Waals surface area contributed by atoms with Gasteiger partial charge in [-0.1, -0.05) is 29.3 Å². The molecular formula is C16H15ClN2O3. The molecule has 1 aromatic carbocycles. The molecule has 22 heavy (non-hydrogen) atoms. The van der Waals surface area contributed by atoms with Gasteiger partial charge < -0.3 is 10.1 Å². The van der Waals surface area contributed by atoms with E-state index in [1.165, 1.54) is 25.3 Å². The lowest BCUT2D eigenvalue weighted by atomic mass is 10.2. The highest BCUT2D eigenvalue weighted by Crippen LogP contribution is 2.11. The van der Waals surface area contributed by atoms with Crippen LogP contribution in [-0.4, -0.2) is 23.0 Å². The summed E-state index contributed by atoms with van der Waals surface area (Å²) < 4.78 is 5.10. The minimum atomic E-state index is -0.926. The summed E-state index contributed by atoms with van der Waals surface area (Å²) in [6.45, 7) is 3.46. The number of carbonyl (C=O) groups is 2. The van der Waals surface area contributed by atoms with Crippen LogP contribution >= 0.6 is 11.6 Å². The molecule has 1 unspecified atom stereocenters. The van der Waals surface area contributed by atoms with Gasteiger partial charge in [0.25, 0.3) is 5.91 Å². The summed E-state index contributed by atoms with van der Waals surface area (Å²) in [5, 5.41) is 2.96. The van der Waals surface area contributed by atoms with Crippen LogP contribution < -0.4 is 5.32 Å². The smallest absolute Gasteiger partial charge is 0.340 e. The maximum absolute atomic E-state index is 12.0. The van der Waals surface area contributed by atoms with Crippen molar-refractivity contribution in [3.8, 4) is 0 Å². The summed E-state index contributed by atoms with van der Waals surface area (Å²) >= 11 is 5.65. The zero-order valence-electron chi connectivity index (χ0n) is 12.2. The number of aromatic nitrogens is 1. The number of ether oxygens (including phenoxy) is 1. The van der Waals surface area contributed by atoms with Crippen molar-refractivity contribution in [1.82, 2.24) is 4.98 Å². The normalized spacial score (nSPS) is 11.6. The van der Waals surface area contributed by atoms with Gasteiger partial charge in [-0.15, -0.1) is 0 Å². The minimum absolute atomic E-state index is 0.236. The molecule has 0 aliphatic heterocycles. The van der Waals surface area contributed by atoms with Crippen LogP contribution in [0, 0.1) is 6.92 Å². The SMILES string of the molecule is Cc1ccc(NC(=O)C(C)OC(=O)c2ccc(Cl)nc2)cc1. The van der Waals surface area contributed by atoms with Crippen molar-refractivity contribution in [2.45, 2.75) is 20.0 Å². The second-order valence-electron chi connectivity index (χ2n) is 4.77. The van der Waals surface area contributed by atoms with E-state index >= 15 is 0 Å². The molecule has 0 saturated heterocycles. The number of hydrogen-bond donors (Lipinski definition) is 1. The van der Waals surface area contributed by atoms with Crippen LogP contribution in [0.3, 0.4) is 0 Å². The summed E-state index contributed by atoms with van der Waals surface area (Å²) in [7, 11) is 0. The zero-order valence-corrected chi connectivity index (χ0v) is 12.9. The maximum atomic E-state index is 12.0. The molecule has 0 aliphatic rings. The Kier molecular flexibility index (Phi) is 5.12. The van der Waals surface area contributed by atoms with E-state index in [2.05, 4.69) is 10.3 Å². The summed E-state index contributed by atoms with van der Waals surface area (Å²) in [5.74, 6) is -1.03. The molecule has 1 heterocycles. The molecule has 0 saturated carbocycles. The summed E-state index contributed by atoms with van der Waals surface area (Å²) in [6.07, 6.45) is 0.374. The average molecular weight is 319 g/mol. The van der Waals surface area contributed by atoms with Crippen molar-refractivity contribution < 1.29 is 14.3 Å². The molecule has 0 bridgehead atoms. The van der Waals surface area contributed by atoms with Crippen LogP contribution in [0.2, 0.25) is 5.15 Å². The largest absolute Gasteiger partial charge is 0.449 e. The van der Waals surface area contributed by atoms with Gasteiger partial charge in [0.2, 0.25) is 0 Å². The van der Waals surface area contributed by atoms with Crippen molar-refractivity contribution in [1.29, 1.82) is 0 Å². The van der Waals surface area contributed by atoms with Crippen molar-refractivity contribution in [3.05, 3.63) is 58.9 Å². The first-order chi connectivity index (χ1) is 10.5. The molecule has 0 aliphatic carbocycles. The number of pyridine rings is 1. The Hall–Kier alpha value is -2.40. The fourth-order valence-corrected chi connectivity index (χ4v) is 1.77. The first-order valence-corrected chi connectivity index (χ1v) is 7.03. The molecule has 1 amide bonds. The fraction of sp³-hybridized carbons (Fsp3) is 0.188. The van der Waals surface area contributed by atoms with Crippen molar-refractivity contribution in [2.24, 2.45) is 0 Å². The third kappa shape index (κ3) is 4.30. The topological polar surface area (TPSA) is 68.3 Å². The van der Waals surface area contributed by atoms with Crippen LogP contribution in [-0.2, 0) is 9.53 Å². The van der Waals surface area contributed by atoms with Crippen molar-refractivity contribution in [3.63, 3.8) is 0 Å². The van der Waals surface area contributed by atoms with Crippen molar-refractivity contribution >= 4 is 29.2 Å². The van der Waals surface area contributed by atoms with E-state index < -0.39 is 18.0 Å². The predicted octanol–water partition coefficient (Wildman–Crippen LogP) is 3.23. The number of hydrogen-bond acceptors (Lipinski definition) is 4. The van der Waals surface area contributed by atoms with E-state index in [9.17, 15) is 9.59 Å². The van der Waals surface area contributed by atoms with Crippen molar-refractivity contribution in [2.75, 3.05) is 5.32 Å². The standard InChI is InChI=1S/C16H15ClN2O3/c1-10-3-6-13(7-4-10)19-15(20)11(2)22-16(21)12-5-8-14(17)18-9-12/h3-9,11H,1-2H3,(H,19,20). The highest BCUT2D eigenvalue weighted by Gasteiger charge is 2.19. The number of carbonyl (C=O) groups excluding carboxylic acids is 2. The van der Waals surface area contributed by atoms with Gasteiger partial charge in [0.15, 0.2) is 6.10 Å². The van der Waals surface area contributed by atoms with E-state index in [4.69, 9.17) is 16.3 Å². The number of esters is 1. The molecule has 6 heteroatoms. The van der Waals surface area contributed by atoms with E-state index in [-0.39, 0.29) is 10.7 Å². The number of nitrogens with one attached hydrogen (secondary N) is 1. The molecular weight excluding hydrogens is 304 g/mol. The van der Waals surface area contributed by atoms with Gasteiger partial charge in [-0.3, -0.25) is 4.79 Å². The lowest BCUT2D eigenvalue weighted by Crippen LogP contribution is -2.30. The monoisotopic (exact) mass is 318 g/mol. The van der Waals surface area contributed by atoms with Gasteiger partial charge in [-0.2, -0.15) is 0 Å². The number of anilines is 1. The highest BCUT2D eigenvalue weighted by molar-refractivity contribution is 6.29. The fourth-order valence-electron chi connectivity index (χ4n) is 1.66. The van der Waals surface area contributed by atoms with Gasteiger partial charge in [0.1, 0.15) is 5.15 Å². The van der Waals surface area contributed by atoms with Crippen LogP contribution in [0.25, 0.3) is 0 Å². The minimum Gasteiger partial charge on any atom is -0.449 e. The summed E-state index contributed by atoms with van der Waals surface area (Å²) in [4.78, 5) is 27.7. The molecule has 1 aromatic heterocycles. The van der Waals surface area contributed by atoms with Crippen LogP contribution in [0.5, 0.6) is 0 Å². The molecule has 1 N–H and O–H groups in total. The first kappa shape index (κ1) is 16.0. The molecule has 1 atom stereocenters. The summed E-state index contributed by atoms with van der Waals surface area (Å²) in [6, 6.07) is 10.3. The number of nitrogens with zero attached hydrogens (tertiary/aromatic N) is 1. The van der Waals surface area contributed by atoms with Crippen LogP contribution in [0.4, 0.5) is 5.69 Å². The second kappa shape index (κ2) is 7.04. The summed E-state index contributed by atoms with van der Waals surface area (Å²) in [5.41, 5.74) is 1.97. The maximum Gasteiger partial charge on any atom is 0.340 e. The van der Waals surface area contributed by atoms with Crippen LogP contribution in [0.1, 0.15) is 22.8 Å². The number of halogens is 1. The van der Waals surface area contributed by atoms with E-state index in [0.29, 0.717) is 5.69 Å². The molecule has 2 aromatic rings. The average Bonchev–Trinajstić information content (AvgIpc) is 2.50. The lowest BCUT2D eigenvalue weighted by Gasteiger charge is -2.13. The number of aryl methyl sites for hydroxylation is 1. The number of benzene rings is 1. The second-order valence-corrected chi connectivity index (χ2v) is 5.16. The van der Waals surface area contributed by atoms with E-state index in [1.807, 2.05) is 19.1 Å². The quantitative estimate of drug-likeness (QED) is 0.694. The molecule has 0 spiro atoms.